The van der Waals surface area contributed by atoms with Crippen LogP contribution in [0.25, 0.3) is 5.52 Å². The molecule has 0 aliphatic rings. The molecule has 3 aromatic rings. The van der Waals surface area contributed by atoms with E-state index >= 15 is 0 Å². The van der Waals surface area contributed by atoms with E-state index < -0.39 is 0 Å². The van der Waals surface area contributed by atoms with Gasteiger partial charge >= 0.3 is 0 Å². The lowest BCUT2D eigenvalue weighted by Gasteiger charge is -2.01. The predicted molar refractivity (Wildman–Crippen MR) is 70.1 cm³/mol. The molecule has 4 heteroatoms. The number of thiophene rings is 1. The van der Waals surface area contributed by atoms with Crippen molar-refractivity contribution in [2.24, 2.45) is 0 Å². The molecule has 0 fully saturated rings. The first-order chi connectivity index (χ1) is 8.43. The predicted octanol–water partition coefficient (Wildman–Crippen LogP) is 2.69. The van der Waals surface area contributed by atoms with E-state index in [9.17, 15) is 0 Å². The van der Waals surface area contributed by atoms with Gasteiger partial charge in [-0.05, 0) is 34.5 Å². The van der Waals surface area contributed by atoms with E-state index in [1.807, 2.05) is 29.0 Å². The van der Waals surface area contributed by atoms with Crippen molar-refractivity contribution in [3.63, 3.8) is 0 Å². The van der Waals surface area contributed by atoms with Crippen LogP contribution in [0.4, 0.5) is 0 Å². The Morgan fingerprint density at radius 3 is 3.12 bits per heavy atom. The minimum atomic E-state index is 0.851. The Bertz CT molecular complexity index is 598. The monoisotopic (exact) mass is 243 g/mol. The van der Waals surface area contributed by atoms with Gasteiger partial charge in [-0.3, -0.25) is 0 Å². The maximum Gasteiger partial charge on any atom is 0.0706 e. The minimum Gasteiger partial charge on any atom is -0.308 e. The number of hydrogen-bond acceptors (Lipinski definition) is 3. The van der Waals surface area contributed by atoms with Crippen LogP contribution in [0, 0.1) is 0 Å². The van der Waals surface area contributed by atoms with Crippen molar-refractivity contribution in [3.05, 3.63) is 58.5 Å². The zero-order valence-corrected chi connectivity index (χ0v) is 10.2. The highest BCUT2D eigenvalue weighted by atomic mass is 32.1. The summed E-state index contributed by atoms with van der Waals surface area (Å²) in [6, 6.07) is 8.27. The van der Waals surface area contributed by atoms with Gasteiger partial charge < -0.3 is 5.32 Å². The van der Waals surface area contributed by atoms with Crippen LogP contribution in [0.1, 0.15) is 11.1 Å². The largest absolute Gasteiger partial charge is 0.308 e. The second kappa shape index (κ2) is 4.69. The van der Waals surface area contributed by atoms with E-state index in [1.165, 1.54) is 16.6 Å². The summed E-state index contributed by atoms with van der Waals surface area (Å²) in [5, 5.41) is 12.0. The van der Waals surface area contributed by atoms with Crippen LogP contribution in [0.2, 0.25) is 0 Å². The van der Waals surface area contributed by atoms with Gasteiger partial charge in [-0.1, -0.05) is 6.07 Å². The Balaban J connectivity index is 1.69. The minimum absolute atomic E-state index is 0.851. The average Bonchev–Trinajstić information content (AvgIpc) is 2.99. The Morgan fingerprint density at radius 2 is 2.24 bits per heavy atom. The number of nitrogens with one attached hydrogen (secondary N) is 1. The summed E-state index contributed by atoms with van der Waals surface area (Å²) in [6.07, 6.45) is 3.90. The van der Waals surface area contributed by atoms with Gasteiger partial charge in [0, 0.05) is 24.8 Å². The first kappa shape index (κ1) is 10.5. The molecule has 86 valence electrons. The van der Waals surface area contributed by atoms with Crippen LogP contribution in [0.3, 0.4) is 0 Å². The summed E-state index contributed by atoms with van der Waals surface area (Å²) in [6.45, 7) is 1.76. The van der Waals surface area contributed by atoms with E-state index in [0.29, 0.717) is 0 Å². The van der Waals surface area contributed by atoms with Gasteiger partial charge in [-0.15, -0.1) is 0 Å². The first-order valence-electron chi connectivity index (χ1n) is 5.56. The highest BCUT2D eigenvalue weighted by molar-refractivity contribution is 7.07. The van der Waals surface area contributed by atoms with Gasteiger partial charge in [-0.2, -0.15) is 16.4 Å². The van der Waals surface area contributed by atoms with Crippen LogP contribution in [0.5, 0.6) is 0 Å². The molecule has 3 rings (SSSR count). The molecule has 3 nitrogen and oxygen atoms in total. The Hall–Kier alpha value is -1.65. The molecule has 0 bridgehead atoms. The van der Waals surface area contributed by atoms with Gasteiger partial charge in [0.2, 0.25) is 0 Å². The van der Waals surface area contributed by atoms with Crippen LogP contribution in [0.15, 0.2) is 47.4 Å². The molecular formula is C13H13N3S. The SMILES string of the molecule is c1ccn2ncc(CNCc3ccsc3)c2c1. The standard InChI is InChI=1S/C13H13N3S/c1-2-5-16-13(3-1)12(9-15-16)8-14-7-11-4-6-17-10-11/h1-6,9-10,14H,7-8H2. The Kier molecular flexibility index (Phi) is 2.90. The lowest BCUT2D eigenvalue weighted by Crippen LogP contribution is -2.11. The molecule has 0 amide bonds. The van der Waals surface area contributed by atoms with Crippen molar-refractivity contribution in [1.82, 2.24) is 14.9 Å². The van der Waals surface area contributed by atoms with Gasteiger partial charge in [-0.25, -0.2) is 4.52 Å². The van der Waals surface area contributed by atoms with Crippen molar-refractivity contribution in [3.8, 4) is 0 Å². The van der Waals surface area contributed by atoms with Crippen molar-refractivity contribution < 1.29 is 0 Å². The summed E-state index contributed by atoms with van der Waals surface area (Å²) in [7, 11) is 0. The molecule has 0 spiro atoms. The van der Waals surface area contributed by atoms with Gasteiger partial charge in [0.05, 0.1) is 11.7 Å². The fraction of sp³-hybridized carbons (Fsp3) is 0.154. The molecule has 0 atom stereocenters. The number of pyridine rings is 1. The smallest absolute Gasteiger partial charge is 0.0706 e. The Labute approximate surface area is 104 Å². The molecule has 0 aliphatic carbocycles. The van der Waals surface area contributed by atoms with E-state index in [4.69, 9.17) is 0 Å². The van der Waals surface area contributed by atoms with Crippen molar-refractivity contribution in [2.45, 2.75) is 13.1 Å². The van der Waals surface area contributed by atoms with E-state index in [1.54, 1.807) is 11.3 Å². The molecule has 0 saturated carbocycles. The van der Waals surface area contributed by atoms with E-state index in [0.717, 1.165) is 13.1 Å². The second-order valence-corrected chi connectivity index (χ2v) is 4.72. The molecule has 1 N–H and O–H groups in total. The van der Waals surface area contributed by atoms with Crippen molar-refractivity contribution >= 4 is 16.9 Å². The summed E-state index contributed by atoms with van der Waals surface area (Å²) in [5.41, 5.74) is 3.75. The molecule has 0 unspecified atom stereocenters. The molecule has 17 heavy (non-hydrogen) atoms. The fourth-order valence-electron chi connectivity index (χ4n) is 1.86. The number of aromatic nitrogens is 2. The molecule has 0 saturated heterocycles. The maximum absolute atomic E-state index is 4.31. The lowest BCUT2D eigenvalue weighted by molar-refractivity contribution is 0.698. The van der Waals surface area contributed by atoms with Crippen LogP contribution < -0.4 is 5.32 Å². The molecule has 0 aromatic carbocycles. The van der Waals surface area contributed by atoms with E-state index in [-0.39, 0.29) is 0 Å². The number of rotatable bonds is 4. The third-order valence-corrected chi connectivity index (χ3v) is 3.46. The molecule has 0 aliphatic heterocycles. The molecule has 3 aromatic heterocycles. The summed E-state index contributed by atoms with van der Waals surface area (Å²) < 4.78 is 1.90. The average molecular weight is 243 g/mol. The van der Waals surface area contributed by atoms with Gasteiger partial charge in [0.25, 0.3) is 0 Å². The number of nitrogens with zero attached hydrogens (tertiary/aromatic N) is 2. The molecular weight excluding hydrogens is 230 g/mol. The number of hydrogen-bond donors (Lipinski definition) is 1. The zero-order chi connectivity index (χ0) is 11.5. The van der Waals surface area contributed by atoms with Crippen molar-refractivity contribution in [2.75, 3.05) is 0 Å². The Morgan fingerprint density at radius 1 is 1.24 bits per heavy atom. The number of fused-ring (bicyclic) bond motifs is 1. The van der Waals surface area contributed by atoms with Gasteiger partial charge in [0.1, 0.15) is 0 Å². The molecule has 0 radical (unpaired) electrons. The molecule has 3 heterocycles. The van der Waals surface area contributed by atoms with Crippen LogP contribution in [-0.4, -0.2) is 9.61 Å². The maximum atomic E-state index is 4.31. The van der Waals surface area contributed by atoms with E-state index in [2.05, 4.69) is 33.3 Å². The van der Waals surface area contributed by atoms with Crippen molar-refractivity contribution in [1.29, 1.82) is 0 Å². The third-order valence-electron chi connectivity index (χ3n) is 2.73. The topological polar surface area (TPSA) is 29.3 Å². The first-order valence-corrected chi connectivity index (χ1v) is 6.51. The quantitative estimate of drug-likeness (QED) is 0.763. The summed E-state index contributed by atoms with van der Waals surface area (Å²) in [4.78, 5) is 0. The van der Waals surface area contributed by atoms with Gasteiger partial charge in [0.15, 0.2) is 0 Å². The fourth-order valence-corrected chi connectivity index (χ4v) is 2.53. The lowest BCUT2D eigenvalue weighted by atomic mass is 10.2. The summed E-state index contributed by atoms with van der Waals surface area (Å²) >= 11 is 1.73. The highest BCUT2D eigenvalue weighted by Crippen LogP contribution is 2.10. The summed E-state index contributed by atoms with van der Waals surface area (Å²) in [5.74, 6) is 0. The highest BCUT2D eigenvalue weighted by Gasteiger charge is 2.02. The van der Waals surface area contributed by atoms with Crippen LogP contribution >= 0.6 is 11.3 Å². The zero-order valence-electron chi connectivity index (χ0n) is 9.34. The third kappa shape index (κ3) is 2.23. The van der Waals surface area contributed by atoms with Crippen LogP contribution in [-0.2, 0) is 13.1 Å². The second-order valence-electron chi connectivity index (χ2n) is 3.94. The normalized spacial score (nSPS) is 11.1.